The van der Waals surface area contributed by atoms with E-state index in [2.05, 4.69) is 20.1 Å². The second-order valence-corrected chi connectivity index (χ2v) is 7.73. The van der Waals surface area contributed by atoms with Gasteiger partial charge in [0.1, 0.15) is 4.90 Å². The van der Waals surface area contributed by atoms with Gasteiger partial charge in [0.2, 0.25) is 5.84 Å². The van der Waals surface area contributed by atoms with E-state index in [-0.39, 0.29) is 23.3 Å². The summed E-state index contributed by atoms with van der Waals surface area (Å²) in [6.45, 7) is 0.215. The summed E-state index contributed by atoms with van der Waals surface area (Å²) in [6.07, 6.45) is 3.47. The van der Waals surface area contributed by atoms with Crippen LogP contribution in [-0.2, 0) is 14.8 Å². The Kier molecular flexibility index (Phi) is 4.66. The van der Waals surface area contributed by atoms with Gasteiger partial charge in [-0.25, -0.2) is 0 Å². The molecule has 2 aromatic carbocycles. The van der Waals surface area contributed by atoms with Gasteiger partial charge in [0.25, 0.3) is 15.9 Å². The molecule has 1 unspecified atom stereocenters. The highest BCUT2D eigenvalue weighted by Gasteiger charge is 2.28. The summed E-state index contributed by atoms with van der Waals surface area (Å²) in [7, 11) is -3.92. The number of nitrogens with one attached hydrogen (secondary N) is 2. The van der Waals surface area contributed by atoms with Crippen molar-refractivity contribution in [2.24, 2.45) is 4.40 Å². The number of sulfonamides is 1. The van der Waals surface area contributed by atoms with Crippen LogP contribution in [0.15, 0.2) is 82.4 Å². The van der Waals surface area contributed by atoms with Gasteiger partial charge in [-0.3, -0.25) is 9.48 Å². The second kappa shape index (κ2) is 7.28. The van der Waals surface area contributed by atoms with Crippen LogP contribution in [0.1, 0.15) is 11.6 Å². The molecule has 0 radical (unpaired) electrons. The fourth-order valence-corrected chi connectivity index (χ4v) is 4.10. The highest BCUT2D eigenvalue weighted by Crippen LogP contribution is 2.26. The minimum atomic E-state index is -3.92. The van der Waals surface area contributed by atoms with Gasteiger partial charge in [-0.05, 0) is 23.8 Å². The van der Waals surface area contributed by atoms with Crippen LogP contribution in [0, 0.1) is 0 Å². The van der Waals surface area contributed by atoms with Gasteiger partial charge < -0.3 is 10.6 Å². The van der Waals surface area contributed by atoms with Crippen molar-refractivity contribution in [3.05, 3.63) is 78.6 Å². The normalized spacial score (nSPS) is 15.6. The molecule has 0 saturated carbocycles. The van der Waals surface area contributed by atoms with Crippen LogP contribution in [-0.4, -0.2) is 36.5 Å². The average molecular weight is 395 g/mol. The molecule has 1 amide bonds. The molecule has 1 aliphatic rings. The highest BCUT2D eigenvalue weighted by atomic mass is 32.2. The van der Waals surface area contributed by atoms with Crippen molar-refractivity contribution >= 4 is 27.5 Å². The van der Waals surface area contributed by atoms with E-state index >= 15 is 0 Å². The summed E-state index contributed by atoms with van der Waals surface area (Å²) in [5.41, 5.74) is 1.29. The summed E-state index contributed by atoms with van der Waals surface area (Å²) in [5, 5.41) is 9.80. The van der Waals surface area contributed by atoms with E-state index in [4.69, 9.17) is 0 Å². The number of rotatable bonds is 5. The van der Waals surface area contributed by atoms with Crippen molar-refractivity contribution in [3.8, 4) is 0 Å². The quantitative estimate of drug-likeness (QED) is 0.685. The van der Waals surface area contributed by atoms with Crippen LogP contribution in [0.3, 0.4) is 0 Å². The van der Waals surface area contributed by atoms with Crippen LogP contribution in [0.2, 0.25) is 0 Å². The molecule has 28 heavy (non-hydrogen) atoms. The van der Waals surface area contributed by atoms with E-state index in [0.717, 1.165) is 5.56 Å². The fraction of sp³-hybridized carbons (Fsp3) is 0.105. The molecule has 3 aromatic rings. The number of anilines is 1. The van der Waals surface area contributed by atoms with Crippen LogP contribution in [0.5, 0.6) is 0 Å². The van der Waals surface area contributed by atoms with Crippen molar-refractivity contribution in [1.82, 2.24) is 15.1 Å². The van der Waals surface area contributed by atoms with Crippen molar-refractivity contribution in [3.63, 3.8) is 0 Å². The largest absolute Gasteiger partial charge is 0.347 e. The number of aromatic nitrogens is 2. The van der Waals surface area contributed by atoms with Crippen molar-refractivity contribution in [2.75, 3.05) is 11.9 Å². The number of hydrogen-bond donors (Lipinski definition) is 2. The lowest BCUT2D eigenvalue weighted by molar-refractivity contribution is -0.114. The van der Waals surface area contributed by atoms with E-state index in [1.54, 1.807) is 41.3 Å². The van der Waals surface area contributed by atoms with E-state index in [1.807, 2.05) is 30.3 Å². The lowest BCUT2D eigenvalue weighted by Gasteiger charge is -2.21. The first-order valence-electron chi connectivity index (χ1n) is 8.58. The number of nitrogens with zero attached hydrogens (tertiary/aromatic N) is 3. The number of fused-ring (bicyclic) bond motifs is 1. The third-order valence-electron chi connectivity index (χ3n) is 4.33. The first-order chi connectivity index (χ1) is 13.5. The minimum Gasteiger partial charge on any atom is -0.347 e. The Labute approximate surface area is 162 Å². The average Bonchev–Trinajstić information content (AvgIpc) is 3.23. The topological polar surface area (TPSA) is 105 Å². The molecule has 0 fully saturated rings. The van der Waals surface area contributed by atoms with E-state index in [0.29, 0.717) is 5.69 Å². The third-order valence-corrected chi connectivity index (χ3v) is 5.66. The van der Waals surface area contributed by atoms with Crippen molar-refractivity contribution in [1.29, 1.82) is 0 Å². The highest BCUT2D eigenvalue weighted by molar-refractivity contribution is 7.90. The summed E-state index contributed by atoms with van der Waals surface area (Å²) >= 11 is 0. The van der Waals surface area contributed by atoms with Gasteiger partial charge in [-0.2, -0.15) is 13.5 Å². The number of amides is 1. The van der Waals surface area contributed by atoms with Gasteiger partial charge in [-0.15, -0.1) is 4.40 Å². The predicted molar refractivity (Wildman–Crippen MR) is 105 cm³/mol. The maximum atomic E-state index is 12.6. The Balaban J connectivity index is 1.54. The molecular weight excluding hydrogens is 378 g/mol. The predicted octanol–water partition coefficient (Wildman–Crippen LogP) is 1.80. The number of amidine groups is 1. The molecule has 0 saturated heterocycles. The maximum Gasteiger partial charge on any atom is 0.288 e. The summed E-state index contributed by atoms with van der Waals surface area (Å²) < 4.78 is 30.0. The van der Waals surface area contributed by atoms with Crippen LogP contribution in [0.25, 0.3) is 0 Å². The number of para-hydroxylation sites is 1. The Morgan fingerprint density at radius 2 is 1.82 bits per heavy atom. The second-order valence-electron chi connectivity index (χ2n) is 6.16. The maximum absolute atomic E-state index is 12.6. The van der Waals surface area contributed by atoms with Crippen LogP contribution >= 0.6 is 0 Å². The molecule has 2 N–H and O–H groups in total. The molecule has 1 atom stereocenters. The molecule has 0 bridgehead atoms. The molecule has 2 heterocycles. The molecule has 1 aromatic heterocycles. The Hall–Kier alpha value is -3.46. The number of hydrogen-bond acceptors (Lipinski definition) is 5. The number of carbonyl (C=O) groups is 1. The first kappa shape index (κ1) is 17.9. The van der Waals surface area contributed by atoms with Crippen LogP contribution in [0.4, 0.5) is 5.69 Å². The lowest BCUT2D eigenvalue weighted by atomic mass is 10.1. The van der Waals surface area contributed by atoms with Gasteiger partial charge in [-0.1, -0.05) is 42.5 Å². The third kappa shape index (κ3) is 3.52. The van der Waals surface area contributed by atoms with Gasteiger partial charge in [0.05, 0.1) is 11.7 Å². The zero-order valence-corrected chi connectivity index (χ0v) is 15.5. The molecule has 4 rings (SSSR count). The van der Waals surface area contributed by atoms with E-state index < -0.39 is 15.9 Å². The van der Waals surface area contributed by atoms with Gasteiger partial charge in [0, 0.05) is 18.9 Å². The molecule has 8 nitrogen and oxygen atoms in total. The van der Waals surface area contributed by atoms with Gasteiger partial charge >= 0.3 is 0 Å². The zero-order chi connectivity index (χ0) is 19.6. The number of benzene rings is 2. The molecule has 0 aliphatic carbocycles. The van der Waals surface area contributed by atoms with E-state index in [9.17, 15) is 13.2 Å². The standard InChI is InChI=1S/C19H17N5O3S/c25-19(18-22-15-9-4-5-10-17(15)28(26,27)23-18)20-13-16(24-12-6-11-21-24)14-7-2-1-3-8-14/h1-12,16H,13H2,(H,20,25)(H,22,23). The molecule has 9 heteroatoms. The molecule has 0 spiro atoms. The van der Waals surface area contributed by atoms with Crippen molar-refractivity contribution in [2.45, 2.75) is 10.9 Å². The Bertz CT molecular complexity index is 1130. The first-order valence-corrected chi connectivity index (χ1v) is 10.0. The number of carbonyl (C=O) groups excluding carboxylic acids is 1. The zero-order valence-electron chi connectivity index (χ0n) is 14.7. The summed E-state index contributed by atoms with van der Waals surface area (Å²) in [4.78, 5) is 12.6. The summed E-state index contributed by atoms with van der Waals surface area (Å²) in [6, 6.07) is 17.5. The van der Waals surface area contributed by atoms with Crippen molar-refractivity contribution < 1.29 is 13.2 Å². The lowest BCUT2D eigenvalue weighted by Crippen LogP contribution is -2.40. The fourth-order valence-electron chi connectivity index (χ4n) is 2.99. The molecule has 142 valence electrons. The minimum absolute atomic E-state index is 0.0465. The Morgan fingerprint density at radius 1 is 1.07 bits per heavy atom. The van der Waals surface area contributed by atoms with Gasteiger partial charge in [0.15, 0.2) is 0 Å². The summed E-state index contributed by atoms with van der Waals surface area (Å²) in [5.74, 6) is -0.864. The van der Waals surface area contributed by atoms with E-state index in [1.165, 1.54) is 6.07 Å². The Morgan fingerprint density at radius 3 is 2.57 bits per heavy atom. The smallest absolute Gasteiger partial charge is 0.288 e. The van der Waals surface area contributed by atoms with Crippen LogP contribution < -0.4 is 10.6 Å². The SMILES string of the molecule is O=C(NCC(c1ccccc1)n1cccn1)C1=NS(=O)(=O)c2ccccc2N1. The molecular formula is C19H17N5O3S. The monoisotopic (exact) mass is 395 g/mol. The molecule has 1 aliphatic heterocycles.